The van der Waals surface area contributed by atoms with Crippen molar-refractivity contribution in [2.75, 3.05) is 18.0 Å². The monoisotopic (exact) mass is 204 g/mol. The molecule has 2 fully saturated rings. The lowest BCUT2D eigenvalue weighted by atomic mass is 9.91. The maximum Gasteiger partial charge on any atom is 0.147 e. The van der Waals surface area contributed by atoms with Crippen molar-refractivity contribution in [2.45, 2.75) is 31.3 Å². The zero-order valence-electron chi connectivity index (χ0n) is 8.76. The standard InChI is InChI=1S/C11H16N4/c1-2-9(3-1)14-10-7-15(8-10)11-6-12-4-5-13-11/h4-6,9-10,14H,1-3,7-8H2. The van der Waals surface area contributed by atoms with E-state index in [2.05, 4.69) is 20.2 Å². The van der Waals surface area contributed by atoms with Crippen LogP contribution in [0.25, 0.3) is 0 Å². The summed E-state index contributed by atoms with van der Waals surface area (Å²) >= 11 is 0. The second-order valence-corrected chi connectivity index (χ2v) is 4.46. The van der Waals surface area contributed by atoms with Crippen molar-refractivity contribution in [3.05, 3.63) is 18.6 Å². The molecule has 1 saturated carbocycles. The van der Waals surface area contributed by atoms with E-state index in [1.165, 1.54) is 19.3 Å². The molecule has 1 N–H and O–H groups in total. The minimum atomic E-state index is 0.664. The Morgan fingerprint density at radius 3 is 2.67 bits per heavy atom. The predicted octanol–water partition coefficient (Wildman–Crippen LogP) is 0.807. The minimum absolute atomic E-state index is 0.664. The maximum atomic E-state index is 4.28. The van der Waals surface area contributed by atoms with E-state index in [-0.39, 0.29) is 0 Å². The van der Waals surface area contributed by atoms with Gasteiger partial charge in [0.2, 0.25) is 0 Å². The molecule has 1 aromatic heterocycles. The molecule has 0 bridgehead atoms. The molecule has 0 amide bonds. The first kappa shape index (κ1) is 9.09. The third-order valence-electron chi connectivity index (χ3n) is 3.33. The Balaban J connectivity index is 1.49. The van der Waals surface area contributed by atoms with Crippen LogP contribution in [-0.4, -0.2) is 35.1 Å². The van der Waals surface area contributed by atoms with Crippen molar-refractivity contribution < 1.29 is 0 Å². The van der Waals surface area contributed by atoms with Crippen LogP contribution >= 0.6 is 0 Å². The molecule has 1 saturated heterocycles. The van der Waals surface area contributed by atoms with Crippen molar-refractivity contribution in [1.82, 2.24) is 15.3 Å². The average molecular weight is 204 g/mol. The van der Waals surface area contributed by atoms with Gasteiger partial charge in [-0.05, 0) is 12.8 Å². The highest BCUT2D eigenvalue weighted by atomic mass is 15.3. The van der Waals surface area contributed by atoms with Crippen LogP contribution in [-0.2, 0) is 0 Å². The molecule has 15 heavy (non-hydrogen) atoms. The van der Waals surface area contributed by atoms with E-state index in [1.54, 1.807) is 12.4 Å². The van der Waals surface area contributed by atoms with Gasteiger partial charge in [0.15, 0.2) is 0 Å². The summed E-state index contributed by atoms with van der Waals surface area (Å²) in [6, 6.07) is 1.45. The second-order valence-electron chi connectivity index (χ2n) is 4.46. The molecule has 2 aliphatic rings. The molecular weight excluding hydrogens is 188 g/mol. The summed E-state index contributed by atoms with van der Waals surface area (Å²) < 4.78 is 0. The summed E-state index contributed by atoms with van der Waals surface area (Å²) in [5.74, 6) is 1.00. The lowest BCUT2D eigenvalue weighted by Crippen LogP contribution is -2.61. The number of rotatable bonds is 3. The summed E-state index contributed by atoms with van der Waals surface area (Å²) in [6.45, 7) is 2.16. The van der Waals surface area contributed by atoms with Crippen LogP contribution in [0.5, 0.6) is 0 Å². The van der Waals surface area contributed by atoms with Crippen LogP contribution in [0.4, 0.5) is 5.82 Å². The summed E-state index contributed by atoms with van der Waals surface area (Å²) in [7, 11) is 0. The largest absolute Gasteiger partial charge is 0.352 e. The zero-order valence-corrected chi connectivity index (χ0v) is 8.76. The van der Waals surface area contributed by atoms with Gasteiger partial charge in [-0.25, -0.2) is 4.98 Å². The second kappa shape index (κ2) is 3.77. The van der Waals surface area contributed by atoms with Crippen molar-refractivity contribution in [3.8, 4) is 0 Å². The molecule has 1 aliphatic carbocycles. The van der Waals surface area contributed by atoms with E-state index in [9.17, 15) is 0 Å². The summed E-state index contributed by atoms with van der Waals surface area (Å²) in [6.07, 6.45) is 9.43. The molecule has 4 nitrogen and oxygen atoms in total. The van der Waals surface area contributed by atoms with E-state index in [0.29, 0.717) is 6.04 Å². The van der Waals surface area contributed by atoms with Gasteiger partial charge in [-0.2, -0.15) is 0 Å². The van der Waals surface area contributed by atoms with Gasteiger partial charge in [-0.15, -0.1) is 0 Å². The fraction of sp³-hybridized carbons (Fsp3) is 0.636. The zero-order chi connectivity index (χ0) is 10.1. The molecule has 2 heterocycles. The first-order valence-corrected chi connectivity index (χ1v) is 5.69. The van der Waals surface area contributed by atoms with Crippen LogP contribution in [0, 0.1) is 0 Å². The maximum absolute atomic E-state index is 4.28. The Morgan fingerprint density at radius 1 is 1.20 bits per heavy atom. The van der Waals surface area contributed by atoms with E-state index >= 15 is 0 Å². The number of nitrogens with one attached hydrogen (secondary N) is 1. The predicted molar refractivity (Wildman–Crippen MR) is 58.8 cm³/mol. The first-order chi connectivity index (χ1) is 7.42. The average Bonchev–Trinajstić information content (AvgIpc) is 2.14. The highest BCUT2D eigenvalue weighted by Gasteiger charge is 2.30. The molecule has 0 aromatic carbocycles. The Labute approximate surface area is 89.7 Å². The lowest BCUT2D eigenvalue weighted by molar-refractivity contribution is 0.278. The van der Waals surface area contributed by atoms with Gasteiger partial charge in [0.1, 0.15) is 5.82 Å². The van der Waals surface area contributed by atoms with Crippen LogP contribution in [0.15, 0.2) is 18.6 Å². The number of hydrogen-bond donors (Lipinski definition) is 1. The Morgan fingerprint density at radius 2 is 2.07 bits per heavy atom. The Hall–Kier alpha value is -1.16. The highest BCUT2D eigenvalue weighted by molar-refractivity contribution is 5.39. The van der Waals surface area contributed by atoms with Gasteiger partial charge >= 0.3 is 0 Å². The van der Waals surface area contributed by atoms with E-state index in [0.717, 1.165) is 24.9 Å². The Kier molecular flexibility index (Phi) is 2.29. The molecule has 0 radical (unpaired) electrons. The number of hydrogen-bond acceptors (Lipinski definition) is 4. The van der Waals surface area contributed by atoms with Crippen molar-refractivity contribution >= 4 is 5.82 Å². The molecule has 3 rings (SSSR count). The van der Waals surface area contributed by atoms with Gasteiger partial charge in [-0.1, -0.05) is 6.42 Å². The third kappa shape index (κ3) is 1.81. The van der Waals surface area contributed by atoms with Gasteiger partial charge in [-0.3, -0.25) is 4.98 Å². The molecule has 0 unspecified atom stereocenters. The third-order valence-corrected chi connectivity index (χ3v) is 3.33. The van der Waals surface area contributed by atoms with E-state index in [4.69, 9.17) is 0 Å². The Bertz CT molecular complexity index is 317. The smallest absolute Gasteiger partial charge is 0.147 e. The van der Waals surface area contributed by atoms with Crippen LogP contribution in [0.1, 0.15) is 19.3 Å². The molecular formula is C11H16N4. The van der Waals surface area contributed by atoms with E-state index in [1.807, 2.05) is 6.20 Å². The topological polar surface area (TPSA) is 41.1 Å². The molecule has 1 aliphatic heterocycles. The van der Waals surface area contributed by atoms with Gasteiger partial charge in [0.25, 0.3) is 0 Å². The van der Waals surface area contributed by atoms with E-state index < -0.39 is 0 Å². The summed E-state index contributed by atoms with van der Waals surface area (Å²) in [4.78, 5) is 10.6. The fourth-order valence-electron chi connectivity index (χ4n) is 2.13. The molecule has 1 aromatic rings. The highest BCUT2D eigenvalue weighted by Crippen LogP contribution is 2.22. The number of anilines is 1. The van der Waals surface area contributed by atoms with Gasteiger partial charge in [0.05, 0.1) is 6.20 Å². The van der Waals surface area contributed by atoms with Crippen molar-refractivity contribution in [3.63, 3.8) is 0 Å². The number of nitrogens with zero attached hydrogens (tertiary/aromatic N) is 3. The van der Waals surface area contributed by atoms with Gasteiger partial charge < -0.3 is 10.2 Å². The summed E-state index contributed by atoms with van der Waals surface area (Å²) in [5.41, 5.74) is 0. The SMILES string of the molecule is c1cnc(N2CC(NC3CCC3)C2)cn1. The molecule has 0 spiro atoms. The molecule has 0 atom stereocenters. The minimum Gasteiger partial charge on any atom is -0.352 e. The fourth-order valence-corrected chi connectivity index (χ4v) is 2.13. The van der Waals surface area contributed by atoms with Gasteiger partial charge in [0, 0.05) is 37.6 Å². The van der Waals surface area contributed by atoms with Crippen LogP contribution < -0.4 is 10.2 Å². The van der Waals surface area contributed by atoms with Crippen molar-refractivity contribution in [2.24, 2.45) is 0 Å². The quantitative estimate of drug-likeness (QED) is 0.791. The first-order valence-electron chi connectivity index (χ1n) is 5.69. The van der Waals surface area contributed by atoms with Crippen molar-refractivity contribution in [1.29, 1.82) is 0 Å². The number of aromatic nitrogens is 2. The molecule has 4 heteroatoms. The molecule has 80 valence electrons. The summed E-state index contributed by atoms with van der Waals surface area (Å²) in [5, 5.41) is 3.66. The normalized spacial score (nSPS) is 22.3. The lowest BCUT2D eigenvalue weighted by Gasteiger charge is -2.43. The van der Waals surface area contributed by atoms with Crippen LogP contribution in [0.3, 0.4) is 0 Å². The van der Waals surface area contributed by atoms with Crippen LogP contribution in [0.2, 0.25) is 0 Å².